The Bertz CT molecular complexity index is 507. The van der Waals surface area contributed by atoms with Gasteiger partial charge in [-0.25, -0.2) is 0 Å². The molecular formula is C17H25NO3. The fourth-order valence-corrected chi connectivity index (χ4v) is 2.56. The van der Waals surface area contributed by atoms with E-state index in [0.29, 0.717) is 24.3 Å². The van der Waals surface area contributed by atoms with Crippen molar-refractivity contribution in [3.05, 3.63) is 23.8 Å². The van der Waals surface area contributed by atoms with Crippen molar-refractivity contribution in [1.29, 1.82) is 0 Å². The second kappa shape index (κ2) is 6.48. The first-order chi connectivity index (χ1) is 9.95. The highest BCUT2D eigenvalue weighted by Gasteiger charge is 2.32. The Labute approximate surface area is 127 Å². The highest BCUT2D eigenvalue weighted by molar-refractivity contribution is 6.00. The van der Waals surface area contributed by atoms with E-state index in [-0.39, 0.29) is 5.78 Å². The molecule has 4 nitrogen and oxygen atoms in total. The number of ether oxygens (including phenoxy) is 2. The fraction of sp³-hybridized carbons (Fsp3) is 0.588. The van der Waals surface area contributed by atoms with Crippen molar-refractivity contribution in [2.75, 3.05) is 26.2 Å². The Kier molecular flexibility index (Phi) is 4.88. The third-order valence-electron chi connectivity index (χ3n) is 3.80. The average molecular weight is 291 g/mol. The SMILES string of the molecule is CCN(CC)CCOc1ccc2c(c1)OC(C)(C)CC2=O. The fourth-order valence-electron chi connectivity index (χ4n) is 2.56. The molecule has 0 amide bonds. The van der Waals surface area contributed by atoms with Gasteiger partial charge in [0.05, 0.1) is 12.0 Å². The van der Waals surface area contributed by atoms with Crippen molar-refractivity contribution in [3.63, 3.8) is 0 Å². The summed E-state index contributed by atoms with van der Waals surface area (Å²) in [5.74, 6) is 1.53. The predicted octanol–water partition coefficient (Wildman–Crippen LogP) is 3.15. The van der Waals surface area contributed by atoms with Crippen LogP contribution in [-0.4, -0.2) is 42.5 Å². The summed E-state index contributed by atoms with van der Waals surface area (Å²) in [4.78, 5) is 14.4. The van der Waals surface area contributed by atoms with Gasteiger partial charge >= 0.3 is 0 Å². The summed E-state index contributed by atoms with van der Waals surface area (Å²) in [5.41, 5.74) is 0.217. The number of nitrogens with zero attached hydrogens (tertiary/aromatic N) is 1. The van der Waals surface area contributed by atoms with Crippen LogP contribution in [0.15, 0.2) is 18.2 Å². The van der Waals surface area contributed by atoms with E-state index in [1.165, 1.54) is 0 Å². The molecule has 0 atom stereocenters. The number of rotatable bonds is 6. The van der Waals surface area contributed by atoms with Crippen LogP contribution < -0.4 is 9.47 Å². The number of carbonyl (C=O) groups is 1. The van der Waals surface area contributed by atoms with Crippen LogP contribution in [0, 0.1) is 0 Å². The Balaban J connectivity index is 2.02. The molecule has 1 aliphatic rings. The summed E-state index contributed by atoms with van der Waals surface area (Å²) in [7, 11) is 0. The van der Waals surface area contributed by atoms with E-state index in [1.54, 1.807) is 6.07 Å². The zero-order valence-corrected chi connectivity index (χ0v) is 13.4. The van der Waals surface area contributed by atoms with Crippen LogP contribution in [0.3, 0.4) is 0 Å². The van der Waals surface area contributed by atoms with Crippen molar-refractivity contribution >= 4 is 5.78 Å². The maximum atomic E-state index is 12.1. The van der Waals surface area contributed by atoms with E-state index in [2.05, 4.69) is 18.7 Å². The summed E-state index contributed by atoms with van der Waals surface area (Å²) < 4.78 is 11.7. The first kappa shape index (κ1) is 15.8. The quantitative estimate of drug-likeness (QED) is 0.807. The van der Waals surface area contributed by atoms with Crippen LogP contribution in [0.1, 0.15) is 44.5 Å². The maximum Gasteiger partial charge on any atom is 0.170 e. The zero-order chi connectivity index (χ0) is 15.5. The third kappa shape index (κ3) is 3.97. The lowest BCUT2D eigenvalue weighted by Crippen LogP contribution is -2.35. The number of Topliss-reactive ketones (excluding diaryl/α,β-unsaturated/α-hetero) is 1. The van der Waals surface area contributed by atoms with Gasteiger partial charge in [-0.3, -0.25) is 4.79 Å². The van der Waals surface area contributed by atoms with E-state index >= 15 is 0 Å². The zero-order valence-electron chi connectivity index (χ0n) is 13.4. The van der Waals surface area contributed by atoms with Crippen molar-refractivity contribution in [2.45, 2.75) is 39.7 Å². The molecule has 0 saturated carbocycles. The molecule has 0 aromatic heterocycles. The molecule has 1 aromatic rings. The van der Waals surface area contributed by atoms with E-state index in [0.717, 1.165) is 25.4 Å². The second-order valence-corrected chi connectivity index (χ2v) is 6.00. The topological polar surface area (TPSA) is 38.8 Å². The molecular weight excluding hydrogens is 266 g/mol. The van der Waals surface area contributed by atoms with Gasteiger partial charge < -0.3 is 14.4 Å². The molecule has 0 aliphatic carbocycles. The highest BCUT2D eigenvalue weighted by Crippen LogP contribution is 2.35. The van der Waals surface area contributed by atoms with Crippen LogP contribution in [0.25, 0.3) is 0 Å². The van der Waals surface area contributed by atoms with Gasteiger partial charge in [0.25, 0.3) is 0 Å². The molecule has 0 saturated heterocycles. The van der Waals surface area contributed by atoms with Crippen LogP contribution in [0.4, 0.5) is 0 Å². The number of hydrogen-bond donors (Lipinski definition) is 0. The van der Waals surface area contributed by atoms with Crippen LogP contribution in [0.2, 0.25) is 0 Å². The Morgan fingerprint density at radius 2 is 2.00 bits per heavy atom. The number of fused-ring (bicyclic) bond motifs is 1. The van der Waals surface area contributed by atoms with Crippen LogP contribution in [0.5, 0.6) is 11.5 Å². The minimum absolute atomic E-state index is 0.135. The molecule has 0 spiro atoms. The molecule has 1 aliphatic heterocycles. The first-order valence-corrected chi connectivity index (χ1v) is 7.66. The van der Waals surface area contributed by atoms with Gasteiger partial charge in [0.2, 0.25) is 0 Å². The van der Waals surface area contributed by atoms with Gasteiger partial charge in [0, 0.05) is 12.6 Å². The lowest BCUT2D eigenvalue weighted by atomic mass is 9.93. The summed E-state index contributed by atoms with van der Waals surface area (Å²) in [6.07, 6.45) is 0.419. The Morgan fingerprint density at radius 3 is 2.67 bits per heavy atom. The van der Waals surface area contributed by atoms with Gasteiger partial charge in [-0.15, -0.1) is 0 Å². The molecule has 21 heavy (non-hydrogen) atoms. The molecule has 116 valence electrons. The highest BCUT2D eigenvalue weighted by atomic mass is 16.5. The molecule has 0 fully saturated rings. The Hall–Kier alpha value is -1.55. The summed E-state index contributed by atoms with van der Waals surface area (Å²) >= 11 is 0. The van der Waals surface area contributed by atoms with Gasteiger partial charge in [0.15, 0.2) is 5.78 Å². The largest absolute Gasteiger partial charge is 0.492 e. The van der Waals surface area contributed by atoms with E-state index in [4.69, 9.17) is 9.47 Å². The van der Waals surface area contributed by atoms with Gasteiger partial charge in [-0.2, -0.15) is 0 Å². The van der Waals surface area contributed by atoms with Crippen molar-refractivity contribution in [1.82, 2.24) is 4.90 Å². The van der Waals surface area contributed by atoms with Gasteiger partial charge in [-0.1, -0.05) is 13.8 Å². The molecule has 0 N–H and O–H groups in total. The van der Waals surface area contributed by atoms with Crippen LogP contribution >= 0.6 is 0 Å². The minimum atomic E-state index is -0.441. The number of benzene rings is 1. The monoisotopic (exact) mass is 291 g/mol. The van der Waals surface area contributed by atoms with E-state index in [1.807, 2.05) is 26.0 Å². The molecule has 2 rings (SSSR count). The second-order valence-electron chi connectivity index (χ2n) is 6.00. The van der Waals surface area contributed by atoms with E-state index in [9.17, 15) is 4.79 Å². The van der Waals surface area contributed by atoms with Crippen molar-refractivity contribution in [2.24, 2.45) is 0 Å². The number of hydrogen-bond acceptors (Lipinski definition) is 4. The number of carbonyl (C=O) groups excluding carboxylic acids is 1. The molecule has 0 unspecified atom stereocenters. The number of likely N-dealkylation sites (N-methyl/N-ethyl adjacent to an activating group) is 1. The Morgan fingerprint density at radius 1 is 1.29 bits per heavy atom. The molecule has 0 bridgehead atoms. The van der Waals surface area contributed by atoms with Crippen molar-refractivity contribution in [3.8, 4) is 11.5 Å². The molecule has 1 aromatic carbocycles. The van der Waals surface area contributed by atoms with Gasteiger partial charge in [-0.05, 0) is 39.1 Å². The normalized spacial score (nSPS) is 16.5. The lowest BCUT2D eigenvalue weighted by molar-refractivity contribution is 0.0618. The molecule has 1 heterocycles. The standard InChI is InChI=1S/C17H25NO3/c1-5-18(6-2)9-10-20-13-7-8-14-15(19)12-17(3,4)21-16(14)11-13/h7-8,11H,5-6,9-10,12H2,1-4H3. The third-order valence-corrected chi connectivity index (χ3v) is 3.80. The summed E-state index contributed by atoms with van der Waals surface area (Å²) in [6.45, 7) is 11.7. The smallest absolute Gasteiger partial charge is 0.170 e. The number of ketones is 1. The summed E-state index contributed by atoms with van der Waals surface area (Å²) in [6, 6.07) is 5.48. The van der Waals surface area contributed by atoms with Gasteiger partial charge in [0.1, 0.15) is 23.7 Å². The first-order valence-electron chi connectivity index (χ1n) is 7.66. The minimum Gasteiger partial charge on any atom is -0.492 e. The molecule has 0 radical (unpaired) electrons. The predicted molar refractivity (Wildman–Crippen MR) is 83.4 cm³/mol. The van der Waals surface area contributed by atoms with E-state index < -0.39 is 5.60 Å². The average Bonchev–Trinajstić information content (AvgIpc) is 2.42. The molecule has 4 heteroatoms. The van der Waals surface area contributed by atoms with Crippen molar-refractivity contribution < 1.29 is 14.3 Å². The maximum absolute atomic E-state index is 12.1. The summed E-state index contributed by atoms with van der Waals surface area (Å²) in [5, 5.41) is 0. The lowest BCUT2D eigenvalue weighted by Gasteiger charge is -2.31. The van der Waals surface area contributed by atoms with Crippen LogP contribution in [-0.2, 0) is 0 Å².